The molecule has 130 valence electrons. The van der Waals surface area contributed by atoms with Gasteiger partial charge in [0.2, 0.25) is 0 Å². The van der Waals surface area contributed by atoms with Crippen molar-refractivity contribution in [2.45, 2.75) is 6.04 Å². The summed E-state index contributed by atoms with van der Waals surface area (Å²) in [5.41, 5.74) is 12.3. The van der Waals surface area contributed by atoms with Gasteiger partial charge in [-0.3, -0.25) is 4.90 Å². The second kappa shape index (κ2) is 6.70. The fraction of sp³-hybridized carbons (Fsp3) is 0.130. The fourth-order valence-corrected chi connectivity index (χ4v) is 3.68. The zero-order valence-electron chi connectivity index (χ0n) is 14.8. The Balaban J connectivity index is 1.88. The first-order chi connectivity index (χ1) is 12.6. The van der Waals surface area contributed by atoms with Crippen LogP contribution in [-0.2, 0) is 0 Å². The van der Waals surface area contributed by atoms with E-state index >= 15 is 0 Å². The molecule has 0 saturated heterocycles. The lowest BCUT2D eigenvalue weighted by Crippen LogP contribution is -2.25. The first-order valence-electron chi connectivity index (χ1n) is 8.78. The van der Waals surface area contributed by atoms with Gasteiger partial charge in [0, 0.05) is 23.4 Å². The van der Waals surface area contributed by atoms with Crippen LogP contribution >= 0.6 is 0 Å². The van der Waals surface area contributed by atoms with Gasteiger partial charge in [0.1, 0.15) is 5.75 Å². The van der Waals surface area contributed by atoms with Crippen molar-refractivity contribution in [1.29, 1.82) is 0 Å². The Bertz CT molecular complexity index is 963. The van der Waals surface area contributed by atoms with E-state index in [4.69, 9.17) is 5.73 Å². The van der Waals surface area contributed by atoms with E-state index in [9.17, 15) is 5.11 Å². The molecule has 1 atom stereocenters. The van der Waals surface area contributed by atoms with Gasteiger partial charge in [-0.15, -0.1) is 0 Å². The molecule has 1 unspecified atom stereocenters. The number of aromatic hydroxyl groups is 1. The van der Waals surface area contributed by atoms with Crippen LogP contribution in [0.2, 0.25) is 0 Å². The highest BCUT2D eigenvalue weighted by molar-refractivity contribution is 5.70. The average molecular weight is 342 g/mol. The summed E-state index contributed by atoms with van der Waals surface area (Å²) in [4.78, 5) is 2.21. The molecule has 0 bridgehead atoms. The number of fused-ring (bicyclic) bond motifs is 1. The van der Waals surface area contributed by atoms with Crippen LogP contribution in [0.25, 0.3) is 16.8 Å². The number of hydrogen-bond acceptors (Lipinski definition) is 3. The molecule has 0 saturated carbocycles. The number of likely N-dealkylation sites (N-methyl/N-ethyl adjacent to an activating group) is 1. The summed E-state index contributed by atoms with van der Waals surface area (Å²) in [5, 5.41) is 10.7. The molecule has 0 aromatic heterocycles. The lowest BCUT2D eigenvalue weighted by molar-refractivity contribution is 0.303. The molecule has 0 amide bonds. The Hall–Kier alpha value is -3.04. The first kappa shape index (κ1) is 16.4. The lowest BCUT2D eigenvalue weighted by Gasteiger charge is -2.28. The average Bonchev–Trinajstić information content (AvgIpc) is 2.80. The van der Waals surface area contributed by atoms with Gasteiger partial charge in [0.05, 0.1) is 6.04 Å². The molecular formula is C23H22N2O. The topological polar surface area (TPSA) is 49.5 Å². The largest absolute Gasteiger partial charge is 0.508 e. The van der Waals surface area contributed by atoms with Gasteiger partial charge >= 0.3 is 0 Å². The normalized spacial score (nSPS) is 17.3. The zero-order valence-corrected chi connectivity index (χ0v) is 14.8. The van der Waals surface area contributed by atoms with E-state index in [1.165, 1.54) is 0 Å². The third-order valence-corrected chi connectivity index (χ3v) is 5.04. The molecule has 0 spiro atoms. The molecule has 0 radical (unpaired) electrons. The van der Waals surface area contributed by atoms with Gasteiger partial charge in [-0.25, -0.2) is 0 Å². The highest BCUT2D eigenvalue weighted by Gasteiger charge is 2.27. The van der Waals surface area contributed by atoms with E-state index in [-0.39, 0.29) is 6.04 Å². The fourth-order valence-electron chi connectivity index (χ4n) is 3.68. The third-order valence-electron chi connectivity index (χ3n) is 5.04. The highest BCUT2D eigenvalue weighted by Crippen LogP contribution is 2.39. The number of hydrogen-bond donors (Lipinski definition) is 2. The molecular weight excluding hydrogens is 320 g/mol. The Morgan fingerprint density at radius 1 is 0.885 bits per heavy atom. The van der Waals surface area contributed by atoms with Gasteiger partial charge in [0.25, 0.3) is 0 Å². The van der Waals surface area contributed by atoms with Crippen LogP contribution in [0.4, 0.5) is 0 Å². The number of phenolic OH excluding ortho intramolecular Hbond substituents is 1. The highest BCUT2D eigenvalue weighted by atomic mass is 16.3. The minimum atomic E-state index is -0.0628. The molecule has 3 aromatic carbocycles. The van der Waals surface area contributed by atoms with Crippen molar-refractivity contribution in [1.82, 2.24) is 4.90 Å². The van der Waals surface area contributed by atoms with Gasteiger partial charge in [-0.05, 0) is 41.9 Å². The Labute approximate surface area is 154 Å². The summed E-state index contributed by atoms with van der Waals surface area (Å²) in [6, 6.07) is 24.2. The summed E-state index contributed by atoms with van der Waals surface area (Å²) in [6.07, 6.45) is 2.04. The molecule has 3 heteroatoms. The van der Waals surface area contributed by atoms with Gasteiger partial charge in [-0.1, -0.05) is 60.7 Å². The molecule has 0 fully saturated rings. The minimum Gasteiger partial charge on any atom is -0.508 e. The molecule has 4 rings (SSSR count). The second-order valence-electron chi connectivity index (χ2n) is 6.73. The molecule has 1 aliphatic heterocycles. The molecule has 3 N–H and O–H groups in total. The van der Waals surface area contributed by atoms with E-state index in [1.54, 1.807) is 6.07 Å². The van der Waals surface area contributed by atoms with Crippen LogP contribution in [0.3, 0.4) is 0 Å². The van der Waals surface area contributed by atoms with E-state index in [1.807, 2.05) is 48.5 Å². The monoisotopic (exact) mass is 342 g/mol. The van der Waals surface area contributed by atoms with Gasteiger partial charge in [-0.2, -0.15) is 0 Å². The molecule has 26 heavy (non-hydrogen) atoms. The van der Waals surface area contributed by atoms with E-state index < -0.39 is 0 Å². The molecule has 1 aliphatic rings. The van der Waals surface area contributed by atoms with E-state index in [0.717, 1.165) is 40.1 Å². The smallest absolute Gasteiger partial charge is 0.120 e. The summed E-state index contributed by atoms with van der Waals surface area (Å²) < 4.78 is 0. The number of nitrogens with two attached hydrogens (primary N) is 1. The number of nitrogens with zero attached hydrogens (tertiary/aromatic N) is 1. The van der Waals surface area contributed by atoms with Crippen LogP contribution in [0, 0.1) is 0 Å². The number of benzene rings is 3. The van der Waals surface area contributed by atoms with Crippen LogP contribution < -0.4 is 5.73 Å². The van der Waals surface area contributed by atoms with E-state index in [2.05, 4.69) is 36.2 Å². The molecule has 0 aliphatic carbocycles. The predicted molar refractivity (Wildman–Crippen MR) is 107 cm³/mol. The van der Waals surface area contributed by atoms with Gasteiger partial charge < -0.3 is 10.8 Å². The van der Waals surface area contributed by atoms with Crippen LogP contribution in [-0.4, -0.2) is 23.6 Å². The maximum Gasteiger partial charge on any atom is 0.120 e. The predicted octanol–water partition coefficient (Wildman–Crippen LogP) is 4.39. The van der Waals surface area contributed by atoms with Crippen molar-refractivity contribution in [3.05, 3.63) is 95.6 Å². The maximum absolute atomic E-state index is 10.7. The van der Waals surface area contributed by atoms with Crippen molar-refractivity contribution >= 4 is 5.70 Å². The summed E-state index contributed by atoms with van der Waals surface area (Å²) >= 11 is 0. The second-order valence-corrected chi connectivity index (χ2v) is 6.73. The van der Waals surface area contributed by atoms with Crippen molar-refractivity contribution in [2.75, 3.05) is 13.6 Å². The summed E-state index contributed by atoms with van der Waals surface area (Å²) in [5.74, 6) is 0.303. The van der Waals surface area contributed by atoms with Crippen molar-refractivity contribution in [3.63, 3.8) is 0 Å². The molecule has 1 heterocycles. The summed E-state index contributed by atoms with van der Waals surface area (Å²) in [6.45, 7) is 0.722. The first-order valence-corrected chi connectivity index (χ1v) is 8.78. The molecule has 3 nitrogen and oxygen atoms in total. The van der Waals surface area contributed by atoms with Gasteiger partial charge in [0.15, 0.2) is 0 Å². The molecule has 3 aromatic rings. The van der Waals surface area contributed by atoms with Crippen LogP contribution in [0.1, 0.15) is 22.7 Å². The van der Waals surface area contributed by atoms with Crippen LogP contribution in [0.15, 0.2) is 78.9 Å². The number of rotatable bonds is 2. The van der Waals surface area contributed by atoms with Crippen LogP contribution in [0.5, 0.6) is 5.75 Å². The zero-order chi connectivity index (χ0) is 18.1. The Morgan fingerprint density at radius 3 is 2.42 bits per heavy atom. The SMILES string of the molecule is CN1CC=C(N)c2ccccc2C1c1cc(-c2ccccc2)ccc1O. The van der Waals surface area contributed by atoms with Crippen molar-refractivity contribution in [2.24, 2.45) is 5.73 Å². The Morgan fingerprint density at radius 2 is 1.62 bits per heavy atom. The number of phenols is 1. The Kier molecular flexibility index (Phi) is 4.23. The quantitative estimate of drug-likeness (QED) is 0.726. The lowest BCUT2D eigenvalue weighted by atomic mass is 9.90. The minimum absolute atomic E-state index is 0.0628. The van der Waals surface area contributed by atoms with E-state index in [0.29, 0.717) is 5.75 Å². The van der Waals surface area contributed by atoms with Crippen molar-refractivity contribution in [3.8, 4) is 16.9 Å². The third kappa shape index (κ3) is 2.87. The maximum atomic E-state index is 10.7. The van der Waals surface area contributed by atoms with Crippen molar-refractivity contribution < 1.29 is 5.11 Å². The summed E-state index contributed by atoms with van der Waals surface area (Å²) in [7, 11) is 2.06. The standard InChI is InChI=1S/C23H22N2O/c1-25-14-13-21(24)18-9-5-6-10-19(18)23(25)20-15-17(11-12-22(20)26)16-7-3-2-4-8-16/h2-13,15,23,26H,14,24H2,1H3.